The van der Waals surface area contributed by atoms with E-state index in [4.69, 9.17) is 23.3 Å². The Kier molecular flexibility index (Phi) is 9.86. The summed E-state index contributed by atoms with van der Waals surface area (Å²) in [6.45, 7) is 6.42. The number of aliphatic hydroxyl groups is 1. The first kappa shape index (κ1) is 26.0. The largest absolute Gasteiger partial charge is 0.497 e. The third kappa shape index (κ3) is 8.37. The highest BCUT2D eigenvalue weighted by Gasteiger charge is 2.29. The topological polar surface area (TPSA) is 129 Å². The summed E-state index contributed by atoms with van der Waals surface area (Å²) in [5.41, 5.74) is 0.267. The molecule has 1 heterocycles. The van der Waals surface area contributed by atoms with Crippen LogP contribution in [0.3, 0.4) is 0 Å². The fraction of sp³-hybridized carbons (Fsp3) is 0.524. The van der Waals surface area contributed by atoms with Gasteiger partial charge in [-0.25, -0.2) is 0 Å². The molecule has 1 aromatic heterocycles. The van der Waals surface area contributed by atoms with Gasteiger partial charge in [0.15, 0.2) is 0 Å². The Hall–Kier alpha value is -2.23. The van der Waals surface area contributed by atoms with E-state index in [9.17, 15) is 14.5 Å². The van der Waals surface area contributed by atoms with Gasteiger partial charge in [-0.05, 0) is 52.0 Å². The molecule has 0 radical (unpaired) electrons. The molecule has 0 amide bonds. The molecule has 178 valence electrons. The maximum absolute atomic E-state index is 12.9. The van der Waals surface area contributed by atoms with E-state index in [0.29, 0.717) is 17.1 Å². The van der Waals surface area contributed by atoms with Gasteiger partial charge in [-0.1, -0.05) is 0 Å². The van der Waals surface area contributed by atoms with Crippen LogP contribution < -0.4 is 15.0 Å². The molecule has 2 aromatic rings. The van der Waals surface area contributed by atoms with Gasteiger partial charge in [-0.2, -0.15) is 4.98 Å². The molecule has 32 heavy (non-hydrogen) atoms. The zero-order valence-electron chi connectivity index (χ0n) is 18.9. The fourth-order valence-corrected chi connectivity index (χ4v) is 4.50. The Balaban J connectivity index is 2.04. The minimum absolute atomic E-state index is 0.0571. The molecular weight excluding hydrogens is 439 g/mol. The first-order valence-electron chi connectivity index (χ1n) is 10.2. The number of aromatic nitrogens is 2. The van der Waals surface area contributed by atoms with Crippen LogP contribution in [0.1, 0.15) is 27.7 Å². The summed E-state index contributed by atoms with van der Waals surface area (Å²) >= 11 is 0. The summed E-state index contributed by atoms with van der Waals surface area (Å²) in [6.07, 6.45) is -1.84. The standard InChI is InChI=1S/C21H31N2O8P/c1-14(2)30-32(26,31-15(3)4)13-29-18(11-24)12-28-20-10-19(25)22-21(23-20)16-6-8-17(27-5)9-7-16/h6-10,14-15,18,24H,11-13H2,1-5H3,(H,22,23,25)/t18-/m1/s1. The van der Waals surface area contributed by atoms with E-state index in [0.717, 1.165) is 0 Å². The second-order valence-electron chi connectivity index (χ2n) is 7.49. The maximum atomic E-state index is 12.9. The summed E-state index contributed by atoms with van der Waals surface area (Å²) in [5.74, 6) is 1.05. The van der Waals surface area contributed by atoms with Crippen LogP contribution in [0.5, 0.6) is 11.6 Å². The molecular formula is C21H31N2O8P. The van der Waals surface area contributed by atoms with E-state index in [-0.39, 0.29) is 31.0 Å². The lowest BCUT2D eigenvalue weighted by molar-refractivity contribution is -0.00605. The number of hydrogen-bond acceptors (Lipinski definition) is 9. The average molecular weight is 470 g/mol. The summed E-state index contributed by atoms with van der Waals surface area (Å²) in [5, 5.41) is 9.62. The molecule has 10 nitrogen and oxygen atoms in total. The molecule has 2 N–H and O–H groups in total. The molecule has 0 aliphatic carbocycles. The van der Waals surface area contributed by atoms with Gasteiger partial charge >= 0.3 is 7.60 Å². The first-order valence-corrected chi connectivity index (χ1v) is 11.9. The number of nitrogens with zero attached hydrogens (tertiary/aromatic N) is 1. The Morgan fingerprint density at radius 3 is 2.25 bits per heavy atom. The average Bonchev–Trinajstić information content (AvgIpc) is 2.72. The van der Waals surface area contributed by atoms with Gasteiger partial charge in [-0.15, -0.1) is 0 Å². The van der Waals surface area contributed by atoms with Crippen LogP contribution >= 0.6 is 7.60 Å². The molecule has 0 saturated heterocycles. The zero-order chi connectivity index (χ0) is 23.7. The Morgan fingerprint density at radius 1 is 1.09 bits per heavy atom. The second-order valence-corrected chi connectivity index (χ2v) is 9.39. The van der Waals surface area contributed by atoms with E-state index in [1.54, 1.807) is 59.1 Å². The van der Waals surface area contributed by atoms with E-state index < -0.39 is 25.9 Å². The van der Waals surface area contributed by atoms with E-state index in [1.807, 2.05) is 0 Å². The van der Waals surface area contributed by atoms with Crippen LogP contribution in [0.15, 0.2) is 35.1 Å². The summed E-state index contributed by atoms with van der Waals surface area (Å²) < 4.78 is 39.9. The number of rotatable bonds is 13. The van der Waals surface area contributed by atoms with E-state index >= 15 is 0 Å². The van der Waals surface area contributed by atoms with Gasteiger partial charge in [0.25, 0.3) is 5.56 Å². The highest BCUT2D eigenvalue weighted by atomic mass is 31.2. The lowest BCUT2D eigenvalue weighted by atomic mass is 10.2. The van der Waals surface area contributed by atoms with Crippen molar-refractivity contribution in [3.8, 4) is 23.0 Å². The Bertz CT molecular complexity index is 932. The molecule has 1 atom stereocenters. The number of ether oxygens (including phenoxy) is 3. The zero-order valence-corrected chi connectivity index (χ0v) is 19.8. The number of hydrogen-bond donors (Lipinski definition) is 2. The van der Waals surface area contributed by atoms with Crippen molar-refractivity contribution in [3.63, 3.8) is 0 Å². The van der Waals surface area contributed by atoms with Crippen molar-refractivity contribution in [2.75, 3.05) is 26.7 Å². The van der Waals surface area contributed by atoms with Gasteiger partial charge in [0.1, 0.15) is 30.6 Å². The van der Waals surface area contributed by atoms with Gasteiger partial charge in [-0.3, -0.25) is 9.36 Å². The third-order valence-electron chi connectivity index (χ3n) is 3.91. The molecule has 0 spiro atoms. The number of benzene rings is 1. The molecule has 0 fully saturated rings. The van der Waals surface area contributed by atoms with Crippen molar-refractivity contribution in [1.82, 2.24) is 9.97 Å². The van der Waals surface area contributed by atoms with Crippen LogP contribution in [0.2, 0.25) is 0 Å². The number of nitrogens with one attached hydrogen (secondary N) is 1. The van der Waals surface area contributed by atoms with Crippen LogP contribution in [-0.4, -0.2) is 60.1 Å². The summed E-state index contributed by atoms with van der Waals surface area (Å²) in [7, 11) is -1.97. The van der Waals surface area contributed by atoms with E-state index in [2.05, 4.69) is 9.97 Å². The summed E-state index contributed by atoms with van der Waals surface area (Å²) in [4.78, 5) is 19.0. The monoisotopic (exact) mass is 470 g/mol. The Labute approximate surface area is 187 Å². The molecule has 0 saturated carbocycles. The highest BCUT2D eigenvalue weighted by molar-refractivity contribution is 7.53. The van der Waals surface area contributed by atoms with Crippen molar-refractivity contribution in [2.24, 2.45) is 0 Å². The lowest BCUT2D eigenvalue weighted by Crippen LogP contribution is -2.27. The van der Waals surface area contributed by atoms with Crippen LogP contribution in [-0.2, 0) is 18.3 Å². The first-order chi connectivity index (χ1) is 15.1. The lowest BCUT2D eigenvalue weighted by Gasteiger charge is -2.24. The van der Waals surface area contributed by atoms with Crippen molar-refractivity contribution < 1.29 is 32.9 Å². The molecule has 0 bridgehead atoms. The van der Waals surface area contributed by atoms with Crippen molar-refractivity contribution in [1.29, 1.82) is 0 Å². The van der Waals surface area contributed by atoms with Crippen LogP contribution in [0.4, 0.5) is 0 Å². The van der Waals surface area contributed by atoms with Gasteiger partial charge in [0.2, 0.25) is 5.88 Å². The molecule has 2 rings (SSSR count). The van der Waals surface area contributed by atoms with Gasteiger partial charge in [0, 0.05) is 5.56 Å². The smallest absolute Gasteiger partial charge is 0.356 e. The molecule has 0 aliphatic heterocycles. The minimum atomic E-state index is -3.53. The number of aliphatic hydroxyl groups excluding tert-OH is 1. The molecule has 11 heteroatoms. The fourth-order valence-electron chi connectivity index (χ4n) is 2.65. The SMILES string of the molecule is COc1ccc(-c2nc(OC[C@@H](CO)OCP(=O)(OC(C)C)OC(C)C)cc(=O)[nH]2)cc1. The number of H-pyrrole nitrogens is 1. The second kappa shape index (κ2) is 12.1. The van der Waals surface area contributed by atoms with Crippen molar-refractivity contribution in [3.05, 3.63) is 40.7 Å². The minimum Gasteiger partial charge on any atom is -0.497 e. The number of aromatic amines is 1. The molecule has 0 aliphatic rings. The van der Waals surface area contributed by atoms with Crippen molar-refractivity contribution >= 4 is 7.60 Å². The normalized spacial score (nSPS) is 12.9. The predicted molar refractivity (Wildman–Crippen MR) is 119 cm³/mol. The van der Waals surface area contributed by atoms with Crippen LogP contribution in [0.25, 0.3) is 11.4 Å². The van der Waals surface area contributed by atoms with Crippen molar-refractivity contribution in [2.45, 2.75) is 46.0 Å². The van der Waals surface area contributed by atoms with Gasteiger partial charge < -0.3 is 33.3 Å². The van der Waals surface area contributed by atoms with Gasteiger partial charge in [0.05, 0.1) is 32.0 Å². The highest BCUT2D eigenvalue weighted by Crippen LogP contribution is 2.50. The number of methoxy groups -OCH3 is 1. The quantitative estimate of drug-likeness (QED) is 0.424. The third-order valence-corrected chi connectivity index (χ3v) is 5.86. The predicted octanol–water partition coefficient (Wildman–Crippen LogP) is 3.20. The van der Waals surface area contributed by atoms with E-state index in [1.165, 1.54) is 6.07 Å². The van der Waals surface area contributed by atoms with Crippen LogP contribution in [0, 0.1) is 0 Å². The molecule has 0 unspecified atom stereocenters. The molecule has 1 aromatic carbocycles. The Morgan fingerprint density at radius 2 is 1.72 bits per heavy atom. The summed E-state index contributed by atoms with van der Waals surface area (Å²) in [6, 6.07) is 8.18. The maximum Gasteiger partial charge on any atom is 0.356 e.